The highest BCUT2D eigenvalue weighted by molar-refractivity contribution is 5.94. The van der Waals surface area contributed by atoms with Gasteiger partial charge in [-0.1, -0.05) is 5.21 Å². The van der Waals surface area contributed by atoms with Crippen LogP contribution in [0.25, 0.3) is 0 Å². The van der Waals surface area contributed by atoms with Gasteiger partial charge < -0.3 is 4.74 Å². The molecule has 0 saturated heterocycles. The Hall–Kier alpha value is -2.17. The second-order valence-corrected chi connectivity index (χ2v) is 3.75. The van der Waals surface area contributed by atoms with Crippen molar-refractivity contribution in [3.05, 3.63) is 41.7 Å². The van der Waals surface area contributed by atoms with Crippen LogP contribution in [0.1, 0.15) is 23.0 Å². The molecule has 0 amide bonds. The minimum absolute atomic E-state index is 0.0467. The van der Waals surface area contributed by atoms with E-state index in [1.165, 1.54) is 6.92 Å². The molecule has 0 aliphatic rings. The number of hydrogen-bond acceptors (Lipinski definition) is 4. The van der Waals surface area contributed by atoms with E-state index in [0.717, 1.165) is 5.69 Å². The predicted octanol–water partition coefficient (Wildman–Crippen LogP) is 1.60. The second-order valence-electron chi connectivity index (χ2n) is 3.75. The summed E-state index contributed by atoms with van der Waals surface area (Å²) >= 11 is 0. The van der Waals surface area contributed by atoms with E-state index in [9.17, 15) is 4.79 Å². The first kappa shape index (κ1) is 11.3. The van der Waals surface area contributed by atoms with E-state index < -0.39 is 0 Å². The lowest BCUT2D eigenvalue weighted by Crippen LogP contribution is -1.97. The molecular formula is C12H13N3O2. The predicted molar refractivity (Wildman–Crippen MR) is 61.8 cm³/mol. The molecular weight excluding hydrogens is 218 g/mol. The van der Waals surface area contributed by atoms with Crippen LogP contribution in [0.15, 0.2) is 30.5 Å². The fourth-order valence-electron chi connectivity index (χ4n) is 1.40. The van der Waals surface area contributed by atoms with Crippen molar-refractivity contribution >= 4 is 5.78 Å². The van der Waals surface area contributed by atoms with Crippen LogP contribution in [0.2, 0.25) is 0 Å². The summed E-state index contributed by atoms with van der Waals surface area (Å²) in [6, 6.07) is 7.03. The number of aryl methyl sites for hydroxylation is 1. The summed E-state index contributed by atoms with van der Waals surface area (Å²) in [5, 5.41) is 7.72. The van der Waals surface area contributed by atoms with Crippen molar-refractivity contribution in [1.29, 1.82) is 0 Å². The highest BCUT2D eigenvalue weighted by Gasteiger charge is 2.01. The summed E-state index contributed by atoms with van der Waals surface area (Å²) in [7, 11) is 1.80. The molecule has 0 saturated carbocycles. The number of hydrogen-bond donors (Lipinski definition) is 0. The number of benzene rings is 1. The zero-order valence-corrected chi connectivity index (χ0v) is 9.75. The van der Waals surface area contributed by atoms with Gasteiger partial charge in [0.25, 0.3) is 0 Å². The van der Waals surface area contributed by atoms with Crippen LogP contribution >= 0.6 is 0 Å². The van der Waals surface area contributed by atoms with Crippen LogP contribution < -0.4 is 4.74 Å². The number of carbonyl (C=O) groups is 1. The van der Waals surface area contributed by atoms with Crippen molar-refractivity contribution in [2.24, 2.45) is 7.05 Å². The van der Waals surface area contributed by atoms with Crippen molar-refractivity contribution in [2.45, 2.75) is 13.5 Å². The first-order valence-electron chi connectivity index (χ1n) is 5.24. The molecule has 0 radical (unpaired) electrons. The van der Waals surface area contributed by atoms with Crippen LogP contribution in [0, 0.1) is 0 Å². The zero-order valence-electron chi connectivity index (χ0n) is 9.75. The molecule has 0 aliphatic heterocycles. The maximum atomic E-state index is 11.1. The van der Waals surface area contributed by atoms with Crippen molar-refractivity contribution in [2.75, 3.05) is 0 Å². The number of nitrogens with zero attached hydrogens (tertiary/aromatic N) is 3. The lowest BCUT2D eigenvalue weighted by Gasteiger charge is -2.04. The summed E-state index contributed by atoms with van der Waals surface area (Å²) in [5.41, 5.74) is 1.44. The van der Waals surface area contributed by atoms with Gasteiger partial charge in [0, 0.05) is 12.6 Å². The van der Waals surface area contributed by atoms with Crippen molar-refractivity contribution < 1.29 is 9.53 Å². The van der Waals surface area contributed by atoms with Gasteiger partial charge in [-0.15, -0.1) is 5.10 Å². The van der Waals surface area contributed by atoms with E-state index >= 15 is 0 Å². The Balaban J connectivity index is 1.97. The Kier molecular flexibility index (Phi) is 3.18. The highest BCUT2D eigenvalue weighted by Crippen LogP contribution is 2.13. The Morgan fingerprint density at radius 2 is 2.06 bits per heavy atom. The Bertz CT molecular complexity index is 517. The zero-order chi connectivity index (χ0) is 12.3. The summed E-state index contributed by atoms with van der Waals surface area (Å²) in [4.78, 5) is 11.1. The quantitative estimate of drug-likeness (QED) is 0.750. The molecule has 1 aromatic carbocycles. The molecule has 1 heterocycles. The molecule has 0 atom stereocenters. The topological polar surface area (TPSA) is 57.0 Å². The Morgan fingerprint density at radius 3 is 2.59 bits per heavy atom. The number of rotatable bonds is 4. The average Bonchev–Trinajstić information content (AvgIpc) is 2.73. The van der Waals surface area contributed by atoms with E-state index in [2.05, 4.69) is 10.3 Å². The van der Waals surface area contributed by atoms with Crippen molar-refractivity contribution in [1.82, 2.24) is 15.0 Å². The standard InChI is InChI=1S/C12H13N3O2/c1-9(16)10-3-5-12(6-4-10)17-8-11-7-15(2)14-13-11/h3-7H,8H2,1-2H3. The molecule has 0 fully saturated rings. The van der Waals surface area contributed by atoms with Crippen LogP contribution in [-0.2, 0) is 13.7 Å². The molecule has 2 aromatic rings. The second kappa shape index (κ2) is 4.78. The number of ketones is 1. The summed E-state index contributed by atoms with van der Waals surface area (Å²) in [6.07, 6.45) is 1.80. The van der Waals surface area contributed by atoms with Gasteiger partial charge in [-0.3, -0.25) is 9.48 Å². The summed E-state index contributed by atoms with van der Waals surface area (Å²) < 4.78 is 7.14. The molecule has 0 spiro atoms. The third-order valence-electron chi connectivity index (χ3n) is 2.30. The molecule has 1 aromatic heterocycles. The third kappa shape index (κ3) is 2.90. The van der Waals surface area contributed by atoms with Crippen molar-refractivity contribution in [3.8, 4) is 5.75 Å². The maximum absolute atomic E-state index is 11.1. The first-order valence-corrected chi connectivity index (χ1v) is 5.24. The lowest BCUT2D eigenvalue weighted by atomic mass is 10.1. The number of Topliss-reactive ketones (excluding diaryl/α,β-unsaturated/α-hetero) is 1. The fraction of sp³-hybridized carbons (Fsp3) is 0.250. The van der Waals surface area contributed by atoms with E-state index in [0.29, 0.717) is 17.9 Å². The largest absolute Gasteiger partial charge is 0.487 e. The van der Waals surface area contributed by atoms with Crippen LogP contribution in [-0.4, -0.2) is 20.8 Å². The Morgan fingerprint density at radius 1 is 1.35 bits per heavy atom. The van der Waals surface area contributed by atoms with Gasteiger partial charge in [-0.2, -0.15) is 0 Å². The monoisotopic (exact) mass is 231 g/mol. The Labute approximate surface area is 99.0 Å². The number of ether oxygens (including phenoxy) is 1. The molecule has 0 bridgehead atoms. The highest BCUT2D eigenvalue weighted by atomic mass is 16.5. The smallest absolute Gasteiger partial charge is 0.159 e. The number of aromatic nitrogens is 3. The molecule has 0 unspecified atom stereocenters. The van der Waals surface area contributed by atoms with Crippen LogP contribution in [0.4, 0.5) is 0 Å². The van der Waals surface area contributed by atoms with E-state index in [1.54, 1.807) is 42.2 Å². The van der Waals surface area contributed by atoms with Gasteiger partial charge in [-0.25, -0.2) is 0 Å². The van der Waals surface area contributed by atoms with Gasteiger partial charge in [0.15, 0.2) is 5.78 Å². The minimum Gasteiger partial charge on any atom is -0.487 e. The minimum atomic E-state index is 0.0467. The molecule has 0 aliphatic carbocycles. The molecule has 17 heavy (non-hydrogen) atoms. The molecule has 5 heteroatoms. The van der Waals surface area contributed by atoms with Gasteiger partial charge in [0.05, 0.1) is 6.20 Å². The van der Waals surface area contributed by atoms with Gasteiger partial charge >= 0.3 is 0 Å². The molecule has 2 rings (SSSR count). The number of carbonyl (C=O) groups excluding carboxylic acids is 1. The molecule has 88 valence electrons. The molecule has 5 nitrogen and oxygen atoms in total. The lowest BCUT2D eigenvalue weighted by molar-refractivity contribution is 0.101. The van der Waals surface area contributed by atoms with E-state index in [4.69, 9.17) is 4.74 Å². The van der Waals surface area contributed by atoms with Gasteiger partial charge in [0.1, 0.15) is 18.1 Å². The third-order valence-corrected chi connectivity index (χ3v) is 2.30. The van der Waals surface area contributed by atoms with Gasteiger partial charge in [-0.05, 0) is 31.2 Å². The molecule has 0 N–H and O–H groups in total. The summed E-state index contributed by atoms with van der Waals surface area (Å²) in [6.45, 7) is 1.91. The van der Waals surface area contributed by atoms with Crippen molar-refractivity contribution in [3.63, 3.8) is 0 Å². The summed E-state index contributed by atoms with van der Waals surface area (Å²) in [5.74, 6) is 0.756. The maximum Gasteiger partial charge on any atom is 0.159 e. The fourth-order valence-corrected chi connectivity index (χ4v) is 1.40. The van der Waals surface area contributed by atoms with Gasteiger partial charge in [0.2, 0.25) is 0 Å². The SMILES string of the molecule is CC(=O)c1ccc(OCc2cn(C)nn2)cc1. The normalized spacial score (nSPS) is 10.2. The van der Waals surface area contributed by atoms with Crippen LogP contribution in [0.5, 0.6) is 5.75 Å². The van der Waals surface area contributed by atoms with E-state index in [-0.39, 0.29) is 5.78 Å². The first-order chi connectivity index (χ1) is 8.15. The van der Waals surface area contributed by atoms with E-state index in [1.807, 2.05) is 0 Å². The van der Waals surface area contributed by atoms with Crippen LogP contribution in [0.3, 0.4) is 0 Å². The average molecular weight is 231 g/mol.